The molecule has 14 heavy (non-hydrogen) atoms. The molecule has 0 aromatic carbocycles. The van der Waals surface area contributed by atoms with E-state index in [1.54, 1.807) is 6.92 Å². The van der Waals surface area contributed by atoms with Gasteiger partial charge in [0.05, 0.1) is 18.9 Å². The van der Waals surface area contributed by atoms with Crippen molar-refractivity contribution in [1.82, 2.24) is 4.90 Å². The van der Waals surface area contributed by atoms with Crippen LogP contribution < -0.4 is 0 Å². The van der Waals surface area contributed by atoms with Gasteiger partial charge in [0.15, 0.2) is 0 Å². The van der Waals surface area contributed by atoms with Crippen molar-refractivity contribution in [2.45, 2.75) is 25.5 Å². The number of hydrogen-bond acceptors (Lipinski definition) is 4. The number of likely N-dealkylation sites (tertiary alicyclic amines) is 1. The Bertz CT molecular complexity index is 325. The van der Waals surface area contributed by atoms with E-state index in [4.69, 9.17) is 9.29 Å². The Hall–Kier alpha value is -0.820. The number of hydrogen-bond donors (Lipinski definition) is 1. The summed E-state index contributed by atoms with van der Waals surface area (Å²) in [5.41, 5.74) is 0. The summed E-state index contributed by atoms with van der Waals surface area (Å²) in [6.07, 6.45) is -0.214. The molecule has 1 aliphatic rings. The third-order valence-electron chi connectivity index (χ3n) is 2.09. The summed E-state index contributed by atoms with van der Waals surface area (Å²) in [7, 11) is -3.50. The van der Waals surface area contributed by atoms with Crippen molar-refractivity contribution in [2.75, 3.05) is 12.8 Å². The Kier molecular flexibility index (Phi) is 3.01. The van der Waals surface area contributed by atoms with E-state index in [9.17, 15) is 13.2 Å². The lowest BCUT2D eigenvalue weighted by Crippen LogP contribution is -2.33. The van der Waals surface area contributed by atoms with Crippen LogP contribution in [0.4, 0.5) is 4.79 Å². The third kappa shape index (κ3) is 2.85. The molecule has 2 atom stereocenters. The van der Waals surface area contributed by atoms with Crippen molar-refractivity contribution in [1.29, 1.82) is 0 Å². The van der Waals surface area contributed by atoms with E-state index in [-0.39, 0.29) is 12.6 Å². The Morgan fingerprint density at radius 1 is 1.57 bits per heavy atom. The van der Waals surface area contributed by atoms with Crippen molar-refractivity contribution in [3.05, 3.63) is 0 Å². The highest BCUT2D eigenvalue weighted by molar-refractivity contribution is 7.86. The number of carbonyl (C=O) groups is 1. The molecule has 1 heterocycles. The second-order valence-electron chi connectivity index (χ2n) is 3.44. The van der Waals surface area contributed by atoms with Crippen LogP contribution in [0.25, 0.3) is 0 Å². The summed E-state index contributed by atoms with van der Waals surface area (Å²) in [6, 6.07) is -0.195. The van der Waals surface area contributed by atoms with Crippen LogP contribution in [0.2, 0.25) is 0 Å². The Morgan fingerprint density at radius 2 is 2.14 bits per heavy atom. The Morgan fingerprint density at radius 3 is 2.50 bits per heavy atom. The van der Waals surface area contributed by atoms with Crippen LogP contribution in [-0.2, 0) is 14.3 Å². The molecule has 0 spiro atoms. The van der Waals surface area contributed by atoms with Crippen molar-refractivity contribution in [3.8, 4) is 0 Å². The minimum absolute atomic E-state index is 0.115. The molecule has 0 saturated carbocycles. The number of rotatable bonds is 2. The molecular formula is C7H13NO5S. The fraction of sp³-hybridized carbons (Fsp3) is 0.857. The fourth-order valence-corrected chi connectivity index (χ4v) is 2.20. The van der Waals surface area contributed by atoms with Gasteiger partial charge in [-0.3, -0.25) is 4.18 Å². The number of amides is 1. The second-order valence-corrected chi connectivity index (χ2v) is 5.04. The first-order valence-electron chi connectivity index (χ1n) is 4.17. The molecule has 0 aromatic rings. The molecule has 7 heteroatoms. The van der Waals surface area contributed by atoms with Crippen molar-refractivity contribution < 1.29 is 22.5 Å². The van der Waals surface area contributed by atoms with Gasteiger partial charge in [0.2, 0.25) is 0 Å². The van der Waals surface area contributed by atoms with Crippen molar-refractivity contribution in [3.63, 3.8) is 0 Å². The van der Waals surface area contributed by atoms with E-state index in [1.165, 1.54) is 4.90 Å². The largest absolute Gasteiger partial charge is 0.465 e. The first-order chi connectivity index (χ1) is 6.29. The number of carboxylic acid groups (broad SMARTS) is 1. The third-order valence-corrected chi connectivity index (χ3v) is 2.71. The van der Waals surface area contributed by atoms with Crippen LogP contribution in [0, 0.1) is 0 Å². The molecule has 0 aliphatic carbocycles. The van der Waals surface area contributed by atoms with Crippen LogP contribution in [0.3, 0.4) is 0 Å². The van der Waals surface area contributed by atoms with Crippen LogP contribution in [0.15, 0.2) is 0 Å². The first-order valence-corrected chi connectivity index (χ1v) is 5.99. The van der Waals surface area contributed by atoms with Gasteiger partial charge >= 0.3 is 6.09 Å². The lowest BCUT2D eigenvalue weighted by molar-refractivity contribution is 0.137. The summed E-state index contributed by atoms with van der Waals surface area (Å²) in [6.45, 7) is 1.84. The molecule has 1 aliphatic heterocycles. The molecule has 1 N–H and O–H groups in total. The first kappa shape index (κ1) is 11.3. The molecule has 82 valence electrons. The maximum atomic E-state index is 10.8. The highest BCUT2D eigenvalue weighted by atomic mass is 32.2. The van der Waals surface area contributed by atoms with Crippen LogP contribution in [0.5, 0.6) is 0 Å². The van der Waals surface area contributed by atoms with E-state index >= 15 is 0 Å². The van der Waals surface area contributed by atoms with E-state index in [0.717, 1.165) is 6.26 Å². The lowest BCUT2D eigenvalue weighted by Gasteiger charge is -2.16. The van der Waals surface area contributed by atoms with Gasteiger partial charge in [-0.05, 0) is 13.3 Å². The molecule has 0 bridgehead atoms. The normalized spacial score (nSPS) is 28.0. The van der Waals surface area contributed by atoms with Gasteiger partial charge < -0.3 is 10.0 Å². The molecule has 0 radical (unpaired) electrons. The van der Waals surface area contributed by atoms with Crippen molar-refractivity contribution >= 4 is 16.2 Å². The summed E-state index contributed by atoms with van der Waals surface area (Å²) >= 11 is 0. The van der Waals surface area contributed by atoms with Crippen LogP contribution >= 0.6 is 0 Å². The molecule has 1 fully saturated rings. The SMILES string of the molecule is C[C@H]1C[C@H](OS(C)(=O)=O)CN1C(=O)O. The molecule has 1 amide bonds. The fourth-order valence-electron chi connectivity index (χ4n) is 1.57. The van der Waals surface area contributed by atoms with E-state index in [2.05, 4.69) is 0 Å². The topological polar surface area (TPSA) is 83.9 Å². The summed E-state index contributed by atoms with van der Waals surface area (Å²) in [5.74, 6) is 0. The quantitative estimate of drug-likeness (QED) is 0.671. The smallest absolute Gasteiger partial charge is 0.407 e. The monoisotopic (exact) mass is 223 g/mol. The minimum Gasteiger partial charge on any atom is -0.465 e. The highest BCUT2D eigenvalue weighted by Crippen LogP contribution is 2.20. The standard InChI is InChI=1S/C7H13NO5S/c1-5-3-6(13-14(2,11)12)4-8(5)7(9)10/h5-6H,3-4H2,1-2H3,(H,9,10)/t5-,6-/m0/s1. The van der Waals surface area contributed by atoms with Gasteiger partial charge in [-0.1, -0.05) is 0 Å². The molecule has 0 unspecified atom stereocenters. The predicted octanol–water partition coefficient (Wildman–Crippen LogP) is 0.103. The zero-order valence-corrected chi connectivity index (χ0v) is 8.82. The average molecular weight is 223 g/mol. The zero-order valence-electron chi connectivity index (χ0n) is 8.00. The molecule has 6 nitrogen and oxygen atoms in total. The second kappa shape index (κ2) is 3.74. The van der Waals surface area contributed by atoms with Crippen LogP contribution in [-0.4, -0.2) is 49.5 Å². The predicted molar refractivity (Wildman–Crippen MR) is 48.5 cm³/mol. The molecule has 1 saturated heterocycles. The average Bonchev–Trinajstić information content (AvgIpc) is 2.26. The molecule has 0 aromatic heterocycles. The van der Waals surface area contributed by atoms with Gasteiger partial charge in [-0.15, -0.1) is 0 Å². The Labute approximate surface area is 82.6 Å². The Balaban J connectivity index is 2.60. The van der Waals surface area contributed by atoms with Gasteiger partial charge in [0.1, 0.15) is 0 Å². The number of nitrogens with zero attached hydrogens (tertiary/aromatic N) is 1. The zero-order chi connectivity index (χ0) is 10.9. The maximum Gasteiger partial charge on any atom is 0.407 e. The van der Waals surface area contributed by atoms with Gasteiger partial charge in [0.25, 0.3) is 10.1 Å². The van der Waals surface area contributed by atoms with Gasteiger partial charge in [-0.25, -0.2) is 4.79 Å². The molecular weight excluding hydrogens is 210 g/mol. The van der Waals surface area contributed by atoms with Gasteiger partial charge in [-0.2, -0.15) is 8.42 Å². The van der Waals surface area contributed by atoms with Gasteiger partial charge in [0, 0.05) is 6.04 Å². The van der Waals surface area contributed by atoms with E-state index in [1.807, 2.05) is 0 Å². The van der Waals surface area contributed by atoms with Crippen molar-refractivity contribution in [2.24, 2.45) is 0 Å². The highest BCUT2D eigenvalue weighted by Gasteiger charge is 2.34. The summed E-state index contributed by atoms with van der Waals surface area (Å²) < 4.78 is 26.3. The summed E-state index contributed by atoms with van der Waals surface area (Å²) in [5, 5.41) is 8.72. The lowest BCUT2D eigenvalue weighted by atomic mass is 10.2. The van der Waals surface area contributed by atoms with E-state index in [0.29, 0.717) is 6.42 Å². The molecule has 1 rings (SSSR count). The maximum absolute atomic E-state index is 10.8. The van der Waals surface area contributed by atoms with Crippen LogP contribution in [0.1, 0.15) is 13.3 Å². The van der Waals surface area contributed by atoms with E-state index < -0.39 is 22.3 Å². The minimum atomic E-state index is -3.50. The summed E-state index contributed by atoms with van der Waals surface area (Å²) in [4.78, 5) is 11.8.